The van der Waals surface area contributed by atoms with Crippen molar-refractivity contribution >= 4 is 44.6 Å². The van der Waals surface area contributed by atoms with E-state index in [2.05, 4.69) is 22.2 Å². The number of carbonyl (C=O) groups excluding carboxylic acids is 1. The van der Waals surface area contributed by atoms with Gasteiger partial charge in [-0.1, -0.05) is 11.6 Å². The van der Waals surface area contributed by atoms with E-state index in [1.807, 2.05) is 12.1 Å². The lowest BCUT2D eigenvalue weighted by Gasteiger charge is -2.35. The maximum atomic E-state index is 13.0. The van der Waals surface area contributed by atoms with Crippen molar-refractivity contribution in [3.8, 4) is 0 Å². The van der Waals surface area contributed by atoms with Crippen LogP contribution in [0.1, 0.15) is 15.9 Å². The Labute approximate surface area is 182 Å². The summed E-state index contributed by atoms with van der Waals surface area (Å²) in [6.45, 7) is 4.07. The molecule has 0 bridgehead atoms. The Balaban J connectivity index is 1.57. The summed E-state index contributed by atoms with van der Waals surface area (Å²) in [6, 6.07) is 10.7. The topological polar surface area (TPSA) is 73.0 Å². The largest absolute Gasteiger partial charge is 0.367 e. The number of fused-ring (bicyclic) bond motifs is 1. The molecule has 0 atom stereocenters. The average Bonchev–Trinajstić information content (AvgIpc) is 3.13. The monoisotopic (exact) mass is 448 g/mol. The lowest BCUT2D eigenvalue weighted by Crippen LogP contribution is -2.44. The number of halogens is 1. The van der Waals surface area contributed by atoms with Gasteiger partial charge in [0, 0.05) is 43.3 Å². The van der Waals surface area contributed by atoms with E-state index in [0.717, 1.165) is 37.4 Å². The number of nitrogens with zero attached hydrogens (tertiary/aromatic N) is 3. The van der Waals surface area contributed by atoms with Gasteiger partial charge in [0.15, 0.2) is 0 Å². The molecule has 9 heteroatoms. The zero-order valence-electron chi connectivity index (χ0n) is 17.1. The molecule has 0 spiro atoms. The smallest absolute Gasteiger partial charge is 0.255 e. The minimum absolute atomic E-state index is 0.242. The summed E-state index contributed by atoms with van der Waals surface area (Å²) in [6.07, 6.45) is 1.79. The van der Waals surface area contributed by atoms with Crippen LogP contribution in [-0.4, -0.2) is 65.3 Å². The molecular weight excluding hydrogens is 424 g/mol. The fraction of sp³-hybridized carbons (Fsp3) is 0.381. The Kier molecular flexibility index (Phi) is 5.65. The highest BCUT2D eigenvalue weighted by molar-refractivity contribution is 7.92. The van der Waals surface area contributed by atoms with Gasteiger partial charge < -0.3 is 15.1 Å². The number of anilines is 3. The van der Waals surface area contributed by atoms with E-state index in [1.54, 1.807) is 24.3 Å². The minimum Gasteiger partial charge on any atom is -0.367 e. The highest BCUT2D eigenvalue weighted by Crippen LogP contribution is 2.33. The third-order valence-electron chi connectivity index (χ3n) is 5.65. The molecule has 160 valence electrons. The molecular formula is C21H25ClN4O3S. The molecule has 4 rings (SSSR count). The van der Waals surface area contributed by atoms with Crippen molar-refractivity contribution in [2.75, 3.05) is 60.5 Å². The number of hydrogen-bond donors (Lipinski definition) is 1. The standard InChI is InChI=1S/C21H25ClN4O3S/c1-24-9-11-25(12-10-24)20-6-4-17(22)14-18(20)23-21(27)16-3-5-19-15(13-16)7-8-26(19)30(2,28)29/h3-6,13-14H,7-12H2,1-2H3,(H,23,27). The van der Waals surface area contributed by atoms with E-state index >= 15 is 0 Å². The first-order valence-corrected chi connectivity index (χ1v) is 12.1. The van der Waals surface area contributed by atoms with E-state index in [-0.39, 0.29) is 5.91 Å². The second kappa shape index (κ2) is 8.09. The molecule has 0 saturated carbocycles. The SMILES string of the molecule is CN1CCN(c2ccc(Cl)cc2NC(=O)c2ccc3c(c2)CCN3S(C)(=O)=O)CC1. The van der Waals surface area contributed by atoms with Gasteiger partial charge in [-0.25, -0.2) is 8.42 Å². The number of benzene rings is 2. The lowest BCUT2D eigenvalue weighted by atomic mass is 10.1. The van der Waals surface area contributed by atoms with Crippen molar-refractivity contribution in [2.45, 2.75) is 6.42 Å². The Bertz CT molecular complexity index is 1080. The first kappa shape index (κ1) is 21.0. The number of likely N-dealkylation sites (N-methyl/N-ethyl adjacent to an activating group) is 1. The second-order valence-electron chi connectivity index (χ2n) is 7.83. The summed E-state index contributed by atoms with van der Waals surface area (Å²) in [7, 11) is -1.22. The number of rotatable bonds is 4. The molecule has 2 aromatic carbocycles. The lowest BCUT2D eigenvalue weighted by molar-refractivity contribution is 0.102. The number of carbonyl (C=O) groups is 1. The highest BCUT2D eigenvalue weighted by atomic mass is 35.5. The average molecular weight is 449 g/mol. The molecule has 1 fully saturated rings. The van der Waals surface area contributed by atoms with Crippen molar-refractivity contribution in [1.29, 1.82) is 0 Å². The van der Waals surface area contributed by atoms with Gasteiger partial charge in [-0.05, 0) is 55.4 Å². The van der Waals surface area contributed by atoms with E-state index in [9.17, 15) is 13.2 Å². The fourth-order valence-electron chi connectivity index (χ4n) is 3.98. The summed E-state index contributed by atoms with van der Waals surface area (Å²) in [5.41, 5.74) is 3.63. The maximum Gasteiger partial charge on any atom is 0.255 e. The number of piperazine rings is 1. The van der Waals surface area contributed by atoms with Crippen LogP contribution in [0, 0.1) is 0 Å². The van der Waals surface area contributed by atoms with Crippen LogP contribution < -0.4 is 14.5 Å². The Hall–Kier alpha value is -2.29. The summed E-state index contributed by atoms with van der Waals surface area (Å²) in [5.74, 6) is -0.242. The molecule has 1 saturated heterocycles. The molecule has 2 aliphatic rings. The van der Waals surface area contributed by atoms with Crippen LogP contribution in [0.15, 0.2) is 36.4 Å². The minimum atomic E-state index is -3.32. The molecule has 2 aromatic rings. The quantitative estimate of drug-likeness (QED) is 0.778. The normalized spacial score (nSPS) is 17.2. The van der Waals surface area contributed by atoms with Gasteiger partial charge in [0.05, 0.1) is 23.3 Å². The van der Waals surface area contributed by atoms with Crippen LogP contribution in [-0.2, 0) is 16.4 Å². The maximum absolute atomic E-state index is 13.0. The molecule has 30 heavy (non-hydrogen) atoms. The van der Waals surface area contributed by atoms with Gasteiger partial charge in [-0.2, -0.15) is 0 Å². The molecule has 0 aliphatic carbocycles. The molecule has 2 heterocycles. The van der Waals surface area contributed by atoms with E-state index in [4.69, 9.17) is 11.6 Å². The van der Waals surface area contributed by atoms with Crippen LogP contribution in [0.3, 0.4) is 0 Å². The van der Waals surface area contributed by atoms with E-state index < -0.39 is 10.0 Å². The highest BCUT2D eigenvalue weighted by Gasteiger charge is 2.27. The number of sulfonamides is 1. The first-order valence-electron chi connectivity index (χ1n) is 9.87. The Morgan fingerprint density at radius 1 is 1.00 bits per heavy atom. The molecule has 1 amide bonds. The number of nitrogens with one attached hydrogen (secondary N) is 1. The van der Waals surface area contributed by atoms with Crippen LogP contribution in [0.2, 0.25) is 5.02 Å². The third kappa shape index (κ3) is 4.26. The zero-order chi connectivity index (χ0) is 21.5. The van der Waals surface area contributed by atoms with Gasteiger partial charge in [0.1, 0.15) is 0 Å². The summed E-state index contributed by atoms with van der Waals surface area (Å²) in [4.78, 5) is 17.5. The van der Waals surface area contributed by atoms with Crippen molar-refractivity contribution in [3.05, 3.63) is 52.5 Å². The number of hydrogen-bond acceptors (Lipinski definition) is 5. The van der Waals surface area contributed by atoms with Crippen molar-refractivity contribution in [3.63, 3.8) is 0 Å². The Morgan fingerprint density at radius 3 is 2.40 bits per heavy atom. The summed E-state index contributed by atoms with van der Waals surface area (Å²) < 4.78 is 25.2. The van der Waals surface area contributed by atoms with Crippen LogP contribution in [0.25, 0.3) is 0 Å². The predicted molar refractivity (Wildman–Crippen MR) is 121 cm³/mol. The van der Waals surface area contributed by atoms with Crippen LogP contribution in [0.4, 0.5) is 17.1 Å². The van der Waals surface area contributed by atoms with Crippen molar-refractivity contribution in [2.24, 2.45) is 0 Å². The molecule has 2 aliphatic heterocycles. The van der Waals surface area contributed by atoms with Gasteiger partial charge in [0.25, 0.3) is 5.91 Å². The molecule has 1 N–H and O–H groups in total. The van der Waals surface area contributed by atoms with Gasteiger partial charge in [-0.3, -0.25) is 9.10 Å². The van der Waals surface area contributed by atoms with Gasteiger partial charge in [-0.15, -0.1) is 0 Å². The predicted octanol–water partition coefficient (Wildman–Crippen LogP) is 2.67. The van der Waals surface area contributed by atoms with Crippen molar-refractivity contribution < 1.29 is 13.2 Å². The zero-order valence-corrected chi connectivity index (χ0v) is 18.6. The summed E-state index contributed by atoms with van der Waals surface area (Å²) in [5, 5.41) is 3.55. The fourth-order valence-corrected chi connectivity index (χ4v) is 5.11. The molecule has 7 nitrogen and oxygen atoms in total. The van der Waals surface area contributed by atoms with Crippen molar-refractivity contribution in [1.82, 2.24) is 4.90 Å². The van der Waals surface area contributed by atoms with E-state index in [1.165, 1.54) is 10.6 Å². The third-order valence-corrected chi connectivity index (χ3v) is 7.06. The van der Waals surface area contributed by atoms with Crippen LogP contribution in [0.5, 0.6) is 0 Å². The first-order chi connectivity index (χ1) is 14.2. The van der Waals surface area contributed by atoms with Crippen LogP contribution >= 0.6 is 11.6 Å². The molecule has 0 aromatic heterocycles. The number of amides is 1. The molecule has 0 unspecified atom stereocenters. The Morgan fingerprint density at radius 2 is 1.70 bits per heavy atom. The molecule has 0 radical (unpaired) electrons. The van der Waals surface area contributed by atoms with Gasteiger partial charge in [0.2, 0.25) is 10.0 Å². The van der Waals surface area contributed by atoms with Gasteiger partial charge >= 0.3 is 0 Å². The summed E-state index contributed by atoms with van der Waals surface area (Å²) >= 11 is 6.20. The van der Waals surface area contributed by atoms with E-state index in [0.29, 0.717) is 34.9 Å². The second-order valence-corrected chi connectivity index (χ2v) is 10.2.